The predicted octanol–water partition coefficient (Wildman–Crippen LogP) is 3.35. The molecule has 0 fully saturated rings. The van der Waals surface area contributed by atoms with Crippen LogP contribution in [-0.4, -0.2) is 11.9 Å². The second-order valence-electron chi connectivity index (χ2n) is 4.98. The first-order valence-corrected chi connectivity index (χ1v) is 7.22. The van der Waals surface area contributed by atoms with Gasteiger partial charge in [0.2, 0.25) is 6.79 Å². The second-order valence-corrected chi connectivity index (χ2v) is 5.39. The number of nitrogens with one attached hydrogen (secondary N) is 2. The van der Waals surface area contributed by atoms with Crippen molar-refractivity contribution in [3.8, 4) is 11.5 Å². The van der Waals surface area contributed by atoms with Crippen LogP contribution in [0.1, 0.15) is 11.1 Å². The van der Waals surface area contributed by atoms with Crippen LogP contribution in [0.2, 0.25) is 0 Å². The number of hydrogen-bond donors (Lipinski definition) is 2. The van der Waals surface area contributed by atoms with Gasteiger partial charge in [-0.25, -0.2) is 4.39 Å². The molecule has 0 radical (unpaired) electrons. The molecule has 1 heterocycles. The average molecular weight is 318 g/mol. The molecule has 0 aromatic heterocycles. The summed E-state index contributed by atoms with van der Waals surface area (Å²) in [6, 6.07) is 10.5. The maximum atomic E-state index is 13.7. The monoisotopic (exact) mass is 318 g/mol. The van der Waals surface area contributed by atoms with E-state index < -0.39 is 0 Å². The van der Waals surface area contributed by atoms with E-state index in [9.17, 15) is 4.39 Å². The van der Waals surface area contributed by atoms with Crippen LogP contribution in [-0.2, 0) is 6.54 Å². The Balaban J connectivity index is 1.59. The van der Waals surface area contributed by atoms with Gasteiger partial charge in [0.15, 0.2) is 16.6 Å². The summed E-state index contributed by atoms with van der Waals surface area (Å²) in [4.78, 5) is 0. The molecular formula is C16H15FN2O2S. The first-order valence-electron chi connectivity index (χ1n) is 6.81. The van der Waals surface area contributed by atoms with Crippen molar-refractivity contribution < 1.29 is 13.9 Å². The third-order valence-corrected chi connectivity index (χ3v) is 3.51. The molecule has 3 rings (SSSR count). The van der Waals surface area contributed by atoms with Gasteiger partial charge in [-0.2, -0.15) is 0 Å². The third kappa shape index (κ3) is 3.28. The van der Waals surface area contributed by atoms with E-state index in [0.29, 0.717) is 17.3 Å². The first-order chi connectivity index (χ1) is 10.6. The minimum absolute atomic E-state index is 0.249. The van der Waals surface area contributed by atoms with Gasteiger partial charge in [0.25, 0.3) is 0 Å². The molecule has 0 unspecified atom stereocenters. The summed E-state index contributed by atoms with van der Waals surface area (Å²) in [7, 11) is 0. The van der Waals surface area contributed by atoms with Crippen LogP contribution in [0.25, 0.3) is 0 Å². The second kappa shape index (κ2) is 6.19. The molecule has 0 saturated heterocycles. The molecule has 0 spiro atoms. The SMILES string of the molecule is Cc1ccc(F)c(NC(=S)NCc2ccc3c(c2)OCO3)c1. The number of thiocarbonyl (C=S) groups is 1. The average Bonchev–Trinajstić information content (AvgIpc) is 2.96. The van der Waals surface area contributed by atoms with Crippen molar-refractivity contribution in [2.45, 2.75) is 13.5 Å². The third-order valence-electron chi connectivity index (χ3n) is 3.26. The van der Waals surface area contributed by atoms with Gasteiger partial charge in [-0.05, 0) is 54.5 Å². The molecule has 0 amide bonds. The highest BCUT2D eigenvalue weighted by Crippen LogP contribution is 2.32. The number of rotatable bonds is 3. The number of hydrogen-bond acceptors (Lipinski definition) is 3. The lowest BCUT2D eigenvalue weighted by Gasteiger charge is -2.12. The predicted molar refractivity (Wildman–Crippen MR) is 86.8 cm³/mol. The summed E-state index contributed by atoms with van der Waals surface area (Å²) in [5.41, 5.74) is 2.32. The van der Waals surface area contributed by atoms with Crippen LogP contribution >= 0.6 is 12.2 Å². The highest BCUT2D eigenvalue weighted by molar-refractivity contribution is 7.80. The van der Waals surface area contributed by atoms with Crippen molar-refractivity contribution in [1.29, 1.82) is 0 Å². The zero-order valence-corrected chi connectivity index (χ0v) is 12.8. The molecule has 1 aliphatic heterocycles. The molecule has 2 aromatic carbocycles. The zero-order valence-electron chi connectivity index (χ0n) is 12.0. The number of benzene rings is 2. The van der Waals surface area contributed by atoms with Crippen LogP contribution in [0.5, 0.6) is 11.5 Å². The van der Waals surface area contributed by atoms with Crippen molar-refractivity contribution in [2.24, 2.45) is 0 Å². The maximum Gasteiger partial charge on any atom is 0.231 e. The summed E-state index contributed by atoms with van der Waals surface area (Å²) in [5, 5.41) is 6.27. The van der Waals surface area contributed by atoms with Crippen molar-refractivity contribution in [2.75, 3.05) is 12.1 Å². The van der Waals surface area contributed by atoms with E-state index in [4.69, 9.17) is 21.7 Å². The van der Waals surface area contributed by atoms with E-state index in [1.54, 1.807) is 12.1 Å². The summed E-state index contributed by atoms with van der Waals surface area (Å²) < 4.78 is 24.2. The molecule has 2 aromatic rings. The van der Waals surface area contributed by atoms with Crippen LogP contribution in [0, 0.1) is 12.7 Å². The molecule has 0 atom stereocenters. The number of aryl methyl sites for hydroxylation is 1. The van der Waals surface area contributed by atoms with Gasteiger partial charge in [-0.3, -0.25) is 0 Å². The van der Waals surface area contributed by atoms with Crippen molar-refractivity contribution in [1.82, 2.24) is 5.32 Å². The Kier molecular flexibility index (Phi) is 4.11. The molecule has 114 valence electrons. The number of anilines is 1. The van der Waals surface area contributed by atoms with Gasteiger partial charge in [0.05, 0.1) is 5.69 Å². The van der Waals surface area contributed by atoms with Crippen LogP contribution in [0.3, 0.4) is 0 Å². The Labute approximate surface area is 133 Å². The van der Waals surface area contributed by atoms with Gasteiger partial charge in [0.1, 0.15) is 5.82 Å². The Bertz CT molecular complexity index is 721. The zero-order chi connectivity index (χ0) is 15.5. The number of ether oxygens (including phenoxy) is 2. The van der Waals surface area contributed by atoms with Crippen molar-refractivity contribution >= 4 is 23.0 Å². The maximum absolute atomic E-state index is 13.7. The van der Waals surface area contributed by atoms with Gasteiger partial charge < -0.3 is 20.1 Å². The van der Waals surface area contributed by atoms with Crippen LogP contribution in [0.15, 0.2) is 36.4 Å². The first kappa shape index (κ1) is 14.6. The summed E-state index contributed by atoms with van der Waals surface area (Å²) in [6.07, 6.45) is 0. The Morgan fingerprint density at radius 2 is 2.00 bits per heavy atom. The topological polar surface area (TPSA) is 42.5 Å². The van der Waals surface area contributed by atoms with E-state index in [-0.39, 0.29) is 12.6 Å². The van der Waals surface area contributed by atoms with Crippen molar-refractivity contribution in [3.63, 3.8) is 0 Å². The van der Waals surface area contributed by atoms with E-state index >= 15 is 0 Å². The van der Waals surface area contributed by atoms with E-state index in [1.165, 1.54) is 6.07 Å². The smallest absolute Gasteiger partial charge is 0.231 e. The van der Waals surface area contributed by atoms with E-state index in [2.05, 4.69) is 10.6 Å². The van der Waals surface area contributed by atoms with Crippen LogP contribution in [0.4, 0.5) is 10.1 Å². The minimum atomic E-state index is -0.335. The fourth-order valence-corrected chi connectivity index (χ4v) is 2.32. The number of fused-ring (bicyclic) bond motifs is 1. The highest BCUT2D eigenvalue weighted by atomic mass is 32.1. The lowest BCUT2D eigenvalue weighted by Crippen LogP contribution is -2.28. The molecule has 22 heavy (non-hydrogen) atoms. The Morgan fingerprint density at radius 1 is 1.18 bits per heavy atom. The van der Waals surface area contributed by atoms with Gasteiger partial charge in [0, 0.05) is 6.54 Å². The molecule has 6 heteroatoms. The normalized spacial score (nSPS) is 12.1. The Morgan fingerprint density at radius 3 is 2.86 bits per heavy atom. The quantitative estimate of drug-likeness (QED) is 0.850. The van der Waals surface area contributed by atoms with Gasteiger partial charge in [-0.15, -0.1) is 0 Å². The lowest BCUT2D eigenvalue weighted by atomic mass is 10.2. The fraction of sp³-hybridized carbons (Fsp3) is 0.188. The molecule has 0 bridgehead atoms. The van der Waals surface area contributed by atoms with Crippen molar-refractivity contribution in [3.05, 3.63) is 53.3 Å². The lowest BCUT2D eigenvalue weighted by molar-refractivity contribution is 0.174. The Hall–Kier alpha value is -2.34. The molecule has 0 aliphatic carbocycles. The number of halogens is 1. The standard InChI is InChI=1S/C16H15FN2O2S/c1-10-2-4-12(17)13(6-10)19-16(22)18-8-11-3-5-14-15(7-11)21-9-20-14/h2-7H,8-9H2,1H3,(H2,18,19,22). The minimum Gasteiger partial charge on any atom is -0.454 e. The fourth-order valence-electron chi connectivity index (χ4n) is 2.13. The molecular weight excluding hydrogens is 303 g/mol. The van der Waals surface area contributed by atoms with E-state index in [0.717, 1.165) is 22.6 Å². The van der Waals surface area contributed by atoms with Gasteiger partial charge >= 0.3 is 0 Å². The molecule has 4 nitrogen and oxygen atoms in total. The summed E-state index contributed by atoms with van der Waals surface area (Å²) in [6.45, 7) is 2.66. The van der Waals surface area contributed by atoms with E-state index in [1.807, 2.05) is 25.1 Å². The van der Waals surface area contributed by atoms with Crippen LogP contribution < -0.4 is 20.1 Å². The van der Waals surface area contributed by atoms with Gasteiger partial charge in [-0.1, -0.05) is 12.1 Å². The highest BCUT2D eigenvalue weighted by Gasteiger charge is 2.13. The largest absolute Gasteiger partial charge is 0.454 e. The molecule has 2 N–H and O–H groups in total. The molecule has 0 saturated carbocycles. The summed E-state index contributed by atoms with van der Waals surface area (Å²) in [5.74, 6) is 1.13. The molecule has 1 aliphatic rings. The summed E-state index contributed by atoms with van der Waals surface area (Å²) >= 11 is 5.19.